The van der Waals surface area contributed by atoms with Crippen LogP contribution in [-0.4, -0.2) is 41.2 Å². The Hall–Kier alpha value is -2.95. The number of benzene rings is 1. The molecule has 1 amide bonds. The SMILES string of the molecule is CC(C)(NC(=O)CCc1ccc(N2C=C(O)NS2(=O)=O)c(O)c1)C(=O)O. The van der Waals surface area contributed by atoms with Crippen LogP contribution in [0.5, 0.6) is 5.75 Å². The van der Waals surface area contributed by atoms with Crippen LogP contribution in [0.1, 0.15) is 25.8 Å². The number of amides is 1. The predicted octanol–water partition coefficient (Wildman–Crippen LogP) is 0.316. The third-order valence-corrected chi connectivity index (χ3v) is 4.92. The standard InChI is InChI=1S/C15H19N3O7S/c1-15(2,14(22)23)16-12(20)6-4-9-3-5-10(11(19)7-9)18-8-13(21)17-26(18,24)25/h3,5,7-8,17,19,21H,4,6H2,1-2H3,(H,16,20)(H,22,23). The number of carbonyl (C=O) groups is 2. The summed E-state index contributed by atoms with van der Waals surface area (Å²) in [5.41, 5.74) is -0.914. The number of hydrogen-bond donors (Lipinski definition) is 5. The number of aliphatic hydroxyl groups is 1. The van der Waals surface area contributed by atoms with E-state index in [4.69, 9.17) is 5.11 Å². The van der Waals surface area contributed by atoms with Crippen LogP contribution in [0.2, 0.25) is 0 Å². The van der Waals surface area contributed by atoms with Crippen LogP contribution in [0.25, 0.3) is 0 Å². The zero-order chi connectivity index (χ0) is 19.7. The highest BCUT2D eigenvalue weighted by Gasteiger charge is 2.31. The molecule has 26 heavy (non-hydrogen) atoms. The number of carboxylic acid groups (broad SMARTS) is 1. The normalized spacial score (nSPS) is 15.9. The van der Waals surface area contributed by atoms with Gasteiger partial charge >= 0.3 is 16.2 Å². The monoisotopic (exact) mass is 385 g/mol. The van der Waals surface area contributed by atoms with Gasteiger partial charge in [0.15, 0.2) is 0 Å². The van der Waals surface area contributed by atoms with Crippen LogP contribution < -0.4 is 14.3 Å². The van der Waals surface area contributed by atoms with E-state index in [1.54, 1.807) is 0 Å². The number of carboxylic acids is 1. The second-order valence-electron chi connectivity index (χ2n) is 6.22. The summed E-state index contributed by atoms with van der Waals surface area (Å²) < 4.78 is 26.1. The molecule has 0 fully saturated rings. The number of phenolic OH excluding ortho intramolecular Hbond substituents is 1. The summed E-state index contributed by atoms with van der Waals surface area (Å²) in [6.07, 6.45) is 1.10. The summed E-state index contributed by atoms with van der Waals surface area (Å²) in [6, 6.07) is 4.14. The minimum atomic E-state index is -4.02. The quantitative estimate of drug-likeness (QED) is 0.472. The molecule has 142 valence electrons. The molecule has 0 spiro atoms. The lowest BCUT2D eigenvalue weighted by Gasteiger charge is -2.21. The molecule has 0 saturated carbocycles. The van der Waals surface area contributed by atoms with Gasteiger partial charge in [-0.1, -0.05) is 6.07 Å². The molecule has 0 bridgehead atoms. The van der Waals surface area contributed by atoms with E-state index in [2.05, 4.69) is 5.32 Å². The van der Waals surface area contributed by atoms with E-state index in [0.29, 0.717) is 9.87 Å². The van der Waals surface area contributed by atoms with Crippen molar-refractivity contribution in [2.24, 2.45) is 0 Å². The van der Waals surface area contributed by atoms with Crippen molar-refractivity contribution in [3.05, 3.63) is 35.8 Å². The van der Waals surface area contributed by atoms with Gasteiger partial charge in [-0.3, -0.25) is 4.79 Å². The molecule has 0 aromatic heterocycles. The van der Waals surface area contributed by atoms with Gasteiger partial charge in [0.25, 0.3) is 0 Å². The first-order valence-corrected chi connectivity index (χ1v) is 8.95. The number of anilines is 1. The molecule has 1 aromatic carbocycles. The maximum Gasteiger partial charge on any atom is 0.330 e. The summed E-state index contributed by atoms with van der Waals surface area (Å²) in [4.78, 5) is 22.8. The lowest BCUT2D eigenvalue weighted by atomic mass is 10.0. The molecule has 1 aliphatic heterocycles. The predicted molar refractivity (Wildman–Crippen MR) is 91.5 cm³/mol. The maximum absolute atomic E-state index is 11.9. The fourth-order valence-corrected chi connectivity index (χ4v) is 3.29. The van der Waals surface area contributed by atoms with Crippen molar-refractivity contribution in [3.8, 4) is 5.75 Å². The average Bonchev–Trinajstić information content (AvgIpc) is 2.77. The van der Waals surface area contributed by atoms with Crippen LogP contribution in [0.4, 0.5) is 5.69 Å². The number of aromatic hydroxyl groups is 1. The first-order chi connectivity index (χ1) is 11.9. The Labute approximate surface area is 149 Å². The fraction of sp³-hybridized carbons (Fsp3) is 0.333. The zero-order valence-electron chi connectivity index (χ0n) is 14.1. The molecule has 0 atom stereocenters. The van der Waals surface area contributed by atoms with Crippen LogP contribution in [-0.2, 0) is 26.2 Å². The molecular formula is C15H19N3O7S. The number of nitrogens with one attached hydrogen (secondary N) is 2. The van der Waals surface area contributed by atoms with Crippen molar-refractivity contribution >= 4 is 27.8 Å². The minimum absolute atomic E-state index is 0.0141. The highest BCUT2D eigenvalue weighted by molar-refractivity contribution is 7.91. The highest BCUT2D eigenvalue weighted by Crippen LogP contribution is 2.32. The summed E-state index contributed by atoms with van der Waals surface area (Å²) in [5, 5.41) is 30.7. The molecule has 1 aliphatic rings. The topological polar surface area (TPSA) is 156 Å². The second kappa shape index (κ2) is 6.75. The van der Waals surface area contributed by atoms with Gasteiger partial charge in [0.1, 0.15) is 17.0 Å². The van der Waals surface area contributed by atoms with Crippen molar-refractivity contribution in [3.63, 3.8) is 0 Å². The van der Waals surface area contributed by atoms with Crippen LogP contribution in [0, 0.1) is 0 Å². The van der Waals surface area contributed by atoms with Crippen molar-refractivity contribution in [1.29, 1.82) is 0 Å². The number of nitrogens with zero attached hydrogens (tertiary/aromatic N) is 1. The van der Waals surface area contributed by atoms with Crippen LogP contribution in [0.3, 0.4) is 0 Å². The van der Waals surface area contributed by atoms with E-state index < -0.39 is 33.5 Å². The number of aryl methyl sites for hydroxylation is 1. The molecule has 2 rings (SSSR count). The van der Waals surface area contributed by atoms with Gasteiger partial charge in [0, 0.05) is 6.42 Å². The van der Waals surface area contributed by atoms with Gasteiger partial charge in [-0.05, 0) is 38.0 Å². The third kappa shape index (κ3) is 4.17. The highest BCUT2D eigenvalue weighted by atomic mass is 32.2. The minimum Gasteiger partial charge on any atom is -0.506 e. The second-order valence-corrected chi connectivity index (χ2v) is 7.77. The Morgan fingerprint density at radius 1 is 1.27 bits per heavy atom. The Morgan fingerprint density at radius 2 is 1.92 bits per heavy atom. The number of hydrogen-bond acceptors (Lipinski definition) is 6. The van der Waals surface area contributed by atoms with Crippen molar-refractivity contribution in [2.45, 2.75) is 32.2 Å². The lowest BCUT2D eigenvalue weighted by Crippen LogP contribution is -2.49. The van der Waals surface area contributed by atoms with E-state index in [1.807, 2.05) is 4.72 Å². The summed E-state index contributed by atoms with van der Waals surface area (Å²) in [5.74, 6) is -2.57. The number of phenols is 1. The maximum atomic E-state index is 11.9. The largest absolute Gasteiger partial charge is 0.506 e. The first-order valence-electron chi connectivity index (χ1n) is 7.51. The molecule has 10 nitrogen and oxygen atoms in total. The van der Waals surface area contributed by atoms with Crippen molar-refractivity contribution in [2.75, 3.05) is 4.31 Å². The molecule has 0 unspecified atom stereocenters. The lowest BCUT2D eigenvalue weighted by molar-refractivity contribution is -0.146. The average molecular weight is 385 g/mol. The number of rotatable bonds is 6. The van der Waals surface area contributed by atoms with Crippen molar-refractivity contribution < 1.29 is 33.3 Å². The van der Waals surface area contributed by atoms with E-state index in [0.717, 1.165) is 6.20 Å². The molecule has 0 saturated heterocycles. The first kappa shape index (κ1) is 19.4. The third-order valence-electron chi connectivity index (χ3n) is 3.64. The van der Waals surface area contributed by atoms with E-state index in [9.17, 15) is 28.2 Å². The van der Waals surface area contributed by atoms with Gasteiger partial charge in [0.05, 0.1) is 6.20 Å². The van der Waals surface area contributed by atoms with Gasteiger partial charge in [0.2, 0.25) is 11.8 Å². The number of aliphatic carboxylic acids is 1. The Morgan fingerprint density at radius 3 is 2.42 bits per heavy atom. The molecule has 5 N–H and O–H groups in total. The van der Waals surface area contributed by atoms with E-state index in [-0.39, 0.29) is 24.3 Å². The molecular weight excluding hydrogens is 366 g/mol. The zero-order valence-corrected chi connectivity index (χ0v) is 14.9. The van der Waals surface area contributed by atoms with Gasteiger partial charge < -0.3 is 20.6 Å². The molecule has 0 radical (unpaired) electrons. The Kier molecular flexibility index (Phi) is 5.03. The Balaban J connectivity index is 2.07. The van der Waals surface area contributed by atoms with Crippen LogP contribution >= 0.6 is 0 Å². The van der Waals surface area contributed by atoms with Crippen LogP contribution in [0.15, 0.2) is 30.3 Å². The molecule has 0 aliphatic carbocycles. The summed E-state index contributed by atoms with van der Waals surface area (Å²) >= 11 is 0. The van der Waals surface area contributed by atoms with E-state index >= 15 is 0 Å². The van der Waals surface area contributed by atoms with E-state index in [1.165, 1.54) is 32.0 Å². The molecule has 1 aromatic rings. The van der Waals surface area contributed by atoms with Gasteiger partial charge in [-0.25, -0.2) is 13.8 Å². The summed E-state index contributed by atoms with van der Waals surface area (Å²) in [6.45, 7) is 2.72. The Bertz CT molecular complexity index is 877. The van der Waals surface area contributed by atoms with Gasteiger partial charge in [-0.2, -0.15) is 8.42 Å². The smallest absolute Gasteiger partial charge is 0.330 e. The molecule has 1 heterocycles. The van der Waals surface area contributed by atoms with Gasteiger partial charge in [-0.15, -0.1) is 0 Å². The number of aliphatic hydroxyl groups excluding tert-OH is 1. The number of carbonyl (C=O) groups excluding carboxylic acids is 1. The van der Waals surface area contributed by atoms with Crippen molar-refractivity contribution in [1.82, 2.24) is 10.0 Å². The fourth-order valence-electron chi connectivity index (χ4n) is 2.22. The summed E-state index contributed by atoms with van der Waals surface area (Å²) in [7, 11) is -4.02. The molecule has 11 heteroatoms.